The molecule has 1 atom stereocenters. The van der Waals surface area contributed by atoms with Gasteiger partial charge in [0.25, 0.3) is 5.91 Å². The Bertz CT molecular complexity index is 718. The second-order valence-electron chi connectivity index (χ2n) is 6.20. The molecule has 25 heavy (non-hydrogen) atoms. The summed E-state index contributed by atoms with van der Waals surface area (Å²) in [6, 6.07) is 15.6. The van der Waals surface area contributed by atoms with Crippen molar-refractivity contribution in [2.45, 2.75) is 18.9 Å². The molecule has 2 aromatic rings. The summed E-state index contributed by atoms with van der Waals surface area (Å²) in [6.45, 7) is 1.58. The fraction of sp³-hybridized carbons (Fsp3) is 0.350. The molecular weight excluding hydrogens is 316 g/mol. The first kappa shape index (κ1) is 17.3. The lowest BCUT2D eigenvalue weighted by Crippen LogP contribution is -2.39. The number of fused-ring (bicyclic) bond motifs is 1. The molecule has 1 unspecified atom stereocenters. The van der Waals surface area contributed by atoms with Gasteiger partial charge in [0.1, 0.15) is 13.2 Å². The average molecular weight is 340 g/mol. The highest BCUT2D eigenvalue weighted by Gasteiger charge is 2.23. The van der Waals surface area contributed by atoms with E-state index in [-0.39, 0.29) is 11.9 Å². The van der Waals surface area contributed by atoms with Crippen LogP contribution in [0.2, 0.25) is 0 Å². The van der Waals surface area contributed by atoms with Crippen LogP contribution in [0.3, 0.4) is 0 Å². The minimum Gasteiger partial charge on any atom is -0.486 e. The van der Waals surface area contributed by atoms with Gasteiger partial charge in [-0.1, -0.05) is 30.3 Å². The molecule has 0 saturated heterocycles. The maximum atomic E-state index is 12.9. The number of amides is 1. The maximum Gasteiger partial charge on any atom is 0.253 e. The van der Waals surface area contributed by atoms with Gasteiger partial charge in [0.2, 0.25) is 0 Å². The number of nitrogens with zero attached hydrogens (tertiary/aromatic N) is 1. The summed E-state index contributed by atoms with van der Waals surface area (Å²) < 4.78 is 11.1. The van der Waals surface area contributed by atoms with Crippen molar-refractivity contribution in [2.24, 2.45) is 5.73 Å². The molecule has 0 aromatic heterocycles. The van der Waals surface area contributed by atoms with Crippen LogP contribution in [0.4, 0.5) is 0 Å². The molecule has 0 aliphatic carbocycles. The Labute approximate surface area is 148 Å². The van der Waals surface area contributed by atoms with Crippen LogP contribution in [0.15, 0.2) is 48.5 Å². The average Bonchev–Trinajstić information content (AvgIpc) is 2.67. The van der Waals surface area contributed by atoms with E-state index in [4.69, 9.17) is 15.2 Å². The number of benzene rings is 2. The Morgan fingerprint density at radius 3 is 2.56 bits per heavy atom. The number of hydrogen-bond donors (Lipinski definition) is 1. The van der Waals surface area contributed by atoms with E-state index in [0.29, 0.717) is 36.8 Å². The second kappa shape index (κ2) is 8.03. The lowest BCUT2D eigenvalue weighted by Gasteiger charge is -2.29. The molecule has 1 heterocycles. The van der Waals surface area contributed by atoms with Crippen LogP contribution >= 0.6 is 0 Å². The van der Waals surface area contributed by atoms with Crippen LogP contribution < -0.4 is 15.2 Å². The zero-order chi connectivity index (χ0) is 17.6. The molecule has 5 heteroatoms. The van der Waals surface area contributed by atoms with Crippen LogP contribution in [0.1, 0.15) is 22.3 Å². The Balaban J connectivity index is 1.76. The van der Waals surface area contributed by atoms with Gasteiger partial charge >= 0.3 is 0 Å². The Morgan fingerprint density at radius 1 is 1.12 bits per heavy atom. The predicted molar refractivity (Wildman–Crippen MR) is 97.1 cm³/mol. The predicted octanol–water partition coefficient (Wildman–Crippen LogP) is 2.49. The topological polar surface area (TPSA) is 64.8 Å². The van der Waals surface area contributed by atoms with Gasteiger partial charge in [-0.3, -0.25) is 4.79 Å². The van der Waals surface area contributed by atoms with Gasteiger partial charge in [-0.05, 0) is 43.1 Å². The first-order valence-electron chi connectivity index (χ1n) is 8.60. The number of carbonyl (C=O) groups excluding carboxylic acids is 1. The first-order valence-corrected chi connectivity index (χ1v) is 8.60. The van der Waals surface area contributed by atoms with Crippen molar-refractivity contribution in [3.8, 4) is 11.5 Å². The van der Waals surface area contributed by atoms with Crippen molar-refractivity contribution < 1.29 is 14.3 Å². The van der Waals surface area contributed by atoms with E-state index in [9.17, 15) is 4.79 Å². The summed E-state index contributed by atoms with van der Waals surface area (Å²) in [5, 5.41) is 0. The van der Waals surface area contributed by atoms with E-state index < -0.39 is 0 Å². The van der Waals surface area contributed by atoms with Crippen molar-refractivity contribution in [1.29, 1.82) is 0 Å². The lowest BCUT2D eigenvalue weighted by molar-refractivity contribution is 0.0724. The normalized spacial score (nSPS) is 14.0. The monoisotopic (exact) mass is 340 g/mol. The third-order valence-electron chi connectivity index (χ3n) is 4.47. The molecule has 2 aromatic carbocycles. The summed E-state index contributed by atoms with van der Waals surface area (Å²) in [5.74, 6) is 1.28. The van der Waals surface area contributed by atoms with Crippen LogP contribution in [0.25, 0.3) is 0 Å². The quantitative estimate of drug-likeness (QED) is 0.877. The summed E-state index contributed by atoms with van der Waals surface area (Å²) >= 11 is 0. The second-order valence-corrected chi connectivity index (χ2v) is 6.20. The zero-order valence-electron chi connectivity index (χ0n) is 14.5. The van der Waals surface area contributed by atoms with Crippen molar-refractivity contribution in [2.75, 3.05) is 26.8 Å². The van der Waals surface area contributed by atoms with Gasteiger partial charge in [-0.15, -0.1) is 0 Å². The molecule has 132 valence electrons. The summed E-state index contributed by atoms with van der Waals surface area (Å²) in [7, 11) is 1.84. The molecule has 0 saturated carbocycles. The lowest BCUT2D eigenvalue weighted by atomic mass is 10.0. The molecule has 3 rings (SSSR count). The fourth-order valence-electron chi connectivity index (χ4n) is 3.06. The minimum atomic E-state index is -0.0358. The maximum absolute atomic E-state index is 12.9. The molecule has 2 N–H and O–H groups in total. The summed E-state index contributed by atoms with van der Waals surface area (Å²) in [4.78, 5) is 14.7. The molecule has 0 spiro atoms. The highest BCUT2D eigenvalue weighted by Crippen LogP contribution is 2.31. The van der Waals surface area contributed by atoms with Gasteiger partial charge in [0, 0.05) is 18.7 Å². The third-order valence-corrected chi connectivity index (χ3v) is 4.47. The molecule has 1 amide bonds. The van der Waals surface area contributed by atoms with E-state index in [2.05, 4.69) is 12.1 Å². The molecule has 0 fully saturated rings. The van der Waals surface area contributed by atoms with Gasteiger partial charge in [0.15, 0.2) is 11.5 Å². The van der Waals surface area contributed by atoms with E-state index in [1.807, 2.05) is 25.2 Å². The number of carbonyl (C=O) groups is 1. The molecule has 1 aliphatic rings. The first-order chi connectivity index (χ1) is 12.2. The number of rotatable bonds is 6. The molecule has 0 radical (unpaired) electrons. The molecular formula is C20H24N2O3. The number of nitrogens with two attached hydrogens (primary N) is 1. The van der Waals surface area contributed by atoms with Gasteiger partial charge in [-0.2, -0.15) is 0 Å². The van der Waals surface area contributed by atoms with E-state index in [1.54, 1.807) is 23.1 Å². The Morgan fingerprint density at radius 2 is 1.84 bits per heavy atom. The van der Waals surface area contributed by atoms with Crippen LogP contribution in [0.5, 0.6) is 11.5 Å². The smallest absolute Gasteiger partial charge is 0.253 e. The third kappa shape index (κ3) is 4.12. The van der Waals surface area contributed by atoms with Crippen molar-refractivity contribution in [1.82, 2.24) is 4.90 Å². The van der Waals surface area contributed by atoms with Gasteiger partial charge in [0.05, 0.1) is 0 Å². The number of likely N-dealkylation sites (N-methyl/N-ethyl adjacent to an activating group) is 1. The highest BCUT2D eigenvalue weighted by molar-refractivity contribution is 5.95. The van der Waals surface area contributed by atoms with Crippen LogP contribution in [0, 0.1) is 0 Å². The standard InChI is InChI=1S/C20H24N2O3/c1-22(17(9-10-21)13-15-5-3-2-4-6-15)20(23)16-7-8-18-19(14-16)25-12-11-24-18/h2-8,14,17H,9-13,21H2,1H3. The summed E-state index contributed by atoms with van der Waals surface area (Å²) in [5.41, 5.74) is 7.57. The number of ether oxygens (including phenoxy) is 2. The Kier molecular flexibility index (Phi) is 5.56. The van der Waals surface area contributed by atoms with E-state index in [1.165, 1.54) is 5.56 Å². The van der Waals surface area contributed by atoms with Crippen LogP contribution in [-0.4, -0.2) is 43.7 Å². The zero-order valence-corrected chi connectivity index (χ0v) is 14.5. The Hall–Kier alpha value is -2.53. The van der Waals surface area contributed by atoms with E-state index >= 15 is 0 Å². The van der Waals surface area contributed by atoms with Crippen LogP contribution in [-0.2, 0) is 6.42 Å². The molecule has 5 nitrogen and oxygen atoms in total. The van der Waals surface area contributed by atoms with Gasteiger partial charge < -0.3 is 20.1 Å². The molecule has 1 aliphatic heterocycles. The SMILES string of the molecule is CN(C(=O)c1ccc2c(c1)OCCO2)C(CCN)Cc1ccccc1. The fourth-order valence-corrected chi connectivity index (χ4v) is 3.06. The van der Waals surface area contributed by atoms with E-state index in [0.717, 1.165) is 12.8 Å². The molecule has 0 bridgehead atoms. The summed E-state index contributed by atoms with van der Waals surface area (Å²) in [6.07, 6.45) is 1.53. The minimum absolute atomic E-state index is 0.0358. The highest BCUT2D eigenvalue weighted by atomic mass is 16.6. The van der Waals surface area contributed by atoms with Crippen molar-refractivity contribution >= 4 is 5.91 Å². The van der Waals surface area contributed by atoms with Crippen molar-refractivity contribution in [3.05, 3.63) is 59.7 Å². The largest absolute Gasteiger partial charge is 0.486 e. The number of hydrogen-bond acceptors (Lipinski definition) is 4. The van der Waals surface area contributed by atoms with Gasteiger partial charge in [-0.25, -0.2) is 0 Å². The van der Waals surface area contributed by atoms with Crippen molar-refractivity contribution in [3.63, 3.8) is 0 Å².